The van der Waals surface area contributed by atoms with Crippen molar-refractivity contribution in [2.45, 2.75) is 31.6 Å². The average molecular weight is 271 g/mol. The smallest absolute Gasteiger partial charge is 0.264 e. The number of hydrogen-bond acceptors (Lipinski definition) is 3. The van der Waals surface area contributed by atoms with Gasteiger partial charge in [0.1, 0.15) is 5.82 Å². The first-order chi connectivity index (χ1) is 8.23. The lowest BCUT2D eigenvalue weighted by Gasteiger charge is -2.11. The van der Waals surface area contributed by atoms with Crippen molar-refractivity contribution >= 4 is 15.9 Å². The molecule has 0 bridgehead atoms. The van der Waals surface area contributed by atoms with E-state index in [1.165, 1.54) is 12.1 Å². The van der Waals surface area contributed by atoms with Gasteiger partial charge in [-0.25, -0.2) is 17.5 Å². The number of carbonyl (C=O) groups is 1. The van der Waals surface area contributed by atoms with Gasteiger partial charge in [-0.1, -0.05) is 6.92 Å². The first-order valence-electron chi connectivity index (χ1n) is 5.57. The van der Waals surface area contributed by atoms with E-state index in [2.05, 4.69) is 0 Å². The maximum Gasteiger partial charge on any atom is 0.264 e. The molecule has 1 amide bonds. The quantitative estimate of drug-likeness (QED) is 0.910. The fraction of sp³-hybridized carbons (Fsp3) is 0.417. The SMILES string of the molecule is Cc1cc(F)cc(S(=O)(=O)NC(=O)C2(C)CC2)c1. The molecule has 1 fully saturated rings. The number of benzene rings is 1. The van der Waals surface area contributed by atoms with Crippen LogP contribution in [0.2, 0.25) is 0 Å². The molecule has 0 saturated heterocycles. The lowest BCUT2D eigenvalue weighted by Crippen LogP contribution is -2.35. The van der Waals surface area contributed by atoms with Gasteiger partial charge in [-0.3, -0.25) is 4.79 Å². The Balaban J connectivity index is 2.28. The summed E-state index contributed by atoms with van der Waals surface area (Å²) in [6, 6.07) is 3.45. The molecule has 0 spiro atoms. The number of carbonyl (C=O) groups excluding carboxylic acids is 1. The summed E-state index contributed by atoms with van der Waals surface area (Å²) in [6.45, 7) is 3.29. The van der Waals surface area contributed by atoms with Gasteiger partial charge in [-0.05, 0) is 43.5 Å². The zero-order valence-corrected chi connectivity index (χ0v) is 11.0. The van der Waals surface area contributed by atoms with Gasteiger partial charge in [0, 0.05) is 5.41 Å². The van der Waals surface area contributed by atoms with Crippen molar-refractivity contribution in [3.8, 4) is 0 Å². The van der Waals surface area contributed by atoms with Crippen LogP contribution in [0.3, 0.4) is 0 Å². The molecule has 1 N–H and O–H groups in total. The molecule has 0 aliphatic heterocycles. The van der Waals surface area contributed by atoms with Gasteiger partial charge in [-0.15, -0.1) is 0 Å². The number of hydrogen-bond donors (Lipinski definition) is 1. The van der Waals surface area contributed by atoms with Crippen LogP contribution in [0.5, 0.6) is 0 Å². The average Bonchev–Trinajstić information content (AvgIpc) is 2.96. The first-order valence-corrected chi connectivity index (χ1v) is 7.06. The standard InChI is InChI=1S/C12H14FNO3S/c1-8-5-9(13)7-10(6-8)18(16,17)14-11(15)12(2)3-4-12/h5-7H,3-4H2,1-2H3,(H,14,15). The van der Waals surface area contributed by atoms with Gasteiger partial charge in [-0.2, -0.15) is 0 Å². The maximum absolute atomic E-state index is 13.2. The summed E-state index contributed by atoms with van der Waals surface area (Å²) in [7, 11) is -3.99. The lowest BCUT2D eigenvalue weighted by molar-refractivity contribution is -0.123. The third kappa shape index (κ3) is 2.53. The Bertz CT molecular complexity index is 585. The number of rotatable bonds is 3. The van der Waals surface area contributed by atoms with E-state index in [-0.39, 0.29) is 4.90 Å². The molecule has 1 aromatic rings. The van der Waals surface area contributed by atoms with E-state index in [0.717, 1.165) is 6.07 Å². The Morgan fingerprint density at radius 3 is 2.44 bits per heavy atom. The van der Waals surface area contributed by atoms with E-state index in [4.69, 9.17) is 0 Å². The van der Waals surface area contributed by atoms with E-state index >= 15 is 0 Å². The third-order valence-corrected chi connectivity index (χ3v) is 4.41. The Morgan fingerprint density at radius 1 is 1.33 bits per heavy atom. The van der Waals surface area contributed by atoms with Crippen LogP contribution in [0.25, 0.3) is 0 Å². The minimum atomic E-state index is -3.99. The van der Waals surface area contributed by atoms with Gasteiger partial charge in [0.25, 0.3) is 10.0 Å². The summed E-state index contributed by atoms with van der Waals surface area (Å²) in [5.41, 5.74) is -0.101. The number of halogens is 1. The molecular weight excluding hydrogens is 257 g/mol. The molecule has 1 aliphatic rings. The number of aryl methyl sites for hydroxylation is 1. The van der Waals surface area contributed by atoms with Gasteiger partial charge < -0.3 is 0 Å². The molecule has 1 aromatic carbocycles. The Hall–Kier alpha value is -1.43. The topological polar surface area (TPSA) is 63.2 Å². The van der Waals surface area contributed by atoms with E-state index in [9.17, 15) is 17.6 Å². The molecule has 6 heteroatoms. The molecule has 0 atom stereocenters. The van der Waals surface area contributed by atoms with E-state index in [1.807, 2.05) is 4.72 Å². The van der Waals surface area contributed by atoms with Crippen LogP contribution in [-0.2, 0) is 14.8 Å². The lowest BCUT2D eigenvalue weighted by atomic mass is 10.1. The van der Waals surface area contributed by atoms with E-state index in [0.29, 0.717) is 18.4 Å². The minimum Gasteiger partial charge on any atom is -0.273 e. The second kappa shape index (κ2) is 4.05. The van der Waals surface area contributed by atoms with Crippen molar-refractivity contribution < 1.29 is 17.6 Å². The molecule has 0 unspecified atom stereocenters. The van der Waals surface area contributed by atoms with Crippen molar-refractivity contribution in [3.05, 3.63) is 29.6 Å². The first kappa shape index (κ1) is 13.0. The van der Waals surface area contributed by atoms with Crippen LogP contribution >= 0.6 is 0 Å². The van der Waals surface area contributed by atoms with Crippen LogP contribution in [0.15, 0.2) is 23.1 Å². The molecule has 2 rings (SSSR count). The zero-order chi connectivity index (χ0) is 13.6. The maximum atomic E-state index is 13.2. The summed E-state index contributed by atoms with van der Waals surface area (Å²) >= 11 is 0. The van der Waals surface area contributed by atoms with Gasteiger partial charge in [0.05, 0.1) is 4.90 Å². The van der Waals surface area contributed by atoms with Crippen molar-refractivity contribution in [2.75, 3.05) is 0 Å². The Kier molecular flexibility index (Phi) is 2.93. The minimum absolute atomic E-state index is 0.224. The number of nitrogens with one attached hydrogen (secondary N) is 1. The highest BCUT2D eigenvalue weighted by Crippen LogP contribution is 2.45. The van der Waals surface area contributed by atoms with Crippen LogP contribution in [0.1, 0.15) is 25.3 Å². The van der Waals surface area contributed by atoms with E-state index < -0.39 is 27.2 Å². The van der Waals surface area contributed by atoms with Gasteiger partial charge in [0.15, 0.2) is 0 Å². The van der Waals surface area contributed by atoms with Crippen molar-refractivity contribution in [1.29, 1.82) is 0 Å². The van der Waals surface area contributed by atoms with Crippen molar-refractivity contribution in [3.63, 3.8) is 0 Å². The zero-order valence-electron chi connectivity index (χ0n) is 10.2. The molecule has 18 heavy (non-hydrogen) atoms. The molecule has 0 aromatic heterocycles. The molecule has 0 heterocycles. The fourth-order valence-electron chi connectivity index (χ4n) is 1.58. The summed E-state index contributed by atoms with van der Waals surface area (Å²) in [4.78, 5) is 11.5. The molecule has 1 aliphatic carbocycles. The predicted octanol–water partition coefficient (Wildman–Crippen LogP) is 1.74. The summed E-state index contributed by atoms with van der Waals surface area (Å²) < 4.78 is 39.0. The predicted molar refractivity (Wildman–Crippen MR) is 63.8 cm³/mol. The second-order valence-corrected chi connectivity index (χ2v) is 6.64. The fourth-order valence-corrected chi connectivity index (χ4v) is 2.79. The van der Waals surface area contributed by atoms with Crippen LogP contribution < -0.4 is 4.72 Å². The van der Waals surface area contributed by atoms with Gasteiger partial charge >= 0.3 is 0 Å². The summed E-state index contributed by atoms with van der Waals surface area (Å²) in [6.07, 6.45) is 1.35. The second-order valence-electron chi connectivity index (χ2n) is 4.96. The highest BCUT2D eigenvalue weighted by Gasteiger charge is 2.46. The van der Waals surface area contributed by atoms with Crippen molar-refractivity contribution in [1.82, 2.24) is 4.72 Å². The largest absolute Gasteiger partial charge is 0.273 e. The molecule has 4 nitrogen and oxygen atoms in total. The Morgan fingerprint density at radius 2 is 1.94 bits per heavy atom. The molecular formula is C12H14FNO3S. The van der Waals surface area contributed by atoms with E-state index in [1.54, 1.807) is 13.8 Å². The molecule has 1 saturated carbocycles. The molecule has 0 radical (unpaired) electrons. The Labute approximate surface area is 105 Å². The van der Waals surface area contributed by atoms with Crippen LogP contribution in [0.4, 0.5) is 4.39 Å². The van der Waals surface area contributed by atoms with Gasteiger partial charge in [0.2, 0.25) is 5.91 Å². The van der Waals surface area contributed by atoms with Crippen molar-refractivity contribution in [2.24, 2.45) is 5.41 Å². The third-order valence-electron chi connectivity index (χ3n) is 3.10. The number of amides is 1. The summed E-state index contributed by atoms with van der Waals surface area (Å²) in [5, 5.41) is 0. The monoisotopic (exact) mass is 271 g/mol. The summed E-state index contributed by atoms with van der Waals surface area (Å²) in [5.74, 6) is -1.16. The number of sulfonamides is 1. The molecule has 98 valence electrons. The highest BCUT2D eigenvalue weighted by molar-refractivity contribution is 7.90. The highest BCUT2D eigenvalue weighted by atomic mass is 32.2. The normalized spacial score (nSPS) is 17.3. The van der Waals surface area contributed by atoms with Crippen LogP contribution in [0, 0.1) is 18.2 Å². The van der Waals surface area contributed by atoms with Crippen LogP contribution in [-0.4, -0.2) is 14.3 Å².